The average molecular weight is 469 g/mol. The lowest BCUT2D eigenvalue weighted by molar-refractivity contribution is -0.136. The minimum Gasteiger partial charge on any atom is -0.462 e. The van der Waals surface area contributed by atoms with Crippen LogP contribution in [0.4, 0.5) is 24.8 Å². The number of ether oxygens (including phenoxy) is 1. The van der Waals surface area contributed by atoms with Crippen molar-refractivity contribution < 1.29 is 32.0 Å². The van der Waals surface area contributed by atoms with Crippen molar-refractivity contribution >= 4 is 46.1 Å². The van der Waals surface area contributed by atoms with Gasteiger partial charge >= 0.3 is 12.1 Å². The fourth-order valence-corrected chi connectivity index (χ4v) is 3.70. The molecule has 1 aliphatic rings. The molecule has 0 spiro atoms. The highest BCUT2D eigenvalue weighted by atomic mass is 35.5. The number of piperazine rings is 1. The number of amides is 1. The fraction of sp³-hybridized carbons (Fsp3) is 0.300. The molecule has 1 aromatic carbocycles. The number of fused-ring (bicyclic) bond motifs is 1. The number of carbonyl (C=O) groups excluding carboxylic acids is 2. The summed E-state index contributed by atoms with van der Waals surface area (Å²) < 4.78 is 50.5. The second kappa shape index (κ2) is 8.30. The summed E-state index contributed by atoms with van der Waals surface area (Å²) >= 11 is 6.44. The Kier molecular flexibility index (Phi) is 5.68. The van der Waals surface area contributed by atoms with Gasteiger partial charge in [-0.15, -0.1) is 0 Å². The van der Waals surface area contributed by atoms with Gasteiger partial charge in [-0.25, -0.2) is 9.78 Å². The van der Waals surface area contributed by atoms with Crippen LogP contribution in [0.5, 0.6) is 0 Å². The molecule has 1 fully saturated rings. The highest BCUT2D eigenvalue weighted by molar-refractivity contribution is 6.24. The van der Waals surface area contributed by atoms with Crippen LogP contribution in [0.15, 0.2) is 41.1 Å². The van der Waals surface area contributed by atoms with E-state index in [1.165, 1.54) is 40.3 Å². The zero-order valence-corrected chi connectivity index (χ0v) is 17.4. The van der Waals surface area contributed by atoms with E-state index in [1.54, 1.807) is 6.92 Å². The average Bonchev–Trinajstić information content (AvgIpc) is 3.18. The topological polar surface area (TPSA) is 88.8 Å². The van der Waals surface area contributed by atoms with Gasteiger partial charge in [-0.2, -0.15) is 13.2 Å². The van der Waals surface area contributed by atoms with Gasteiger partial charge in [0.2, 0.25) is 5.91 Å². The number of alkyl halides is 4. The van der Waals surface area contributed by atoms with Crippen LogP contribution in [-0.4, -0.2) is 47.2 Å². The van der Waals surface area contributed by atoms with Crippen molar-refractivity contribution in [2.24, 2.45) is 0 Å². The van der Waals surface area contributed by atoms with Gasteiger partial charge in [-0.05, 0) is 31.2 Å². The molecule has 1 unspecified atom stereocenters. The lowest BCUT2D eigenvalue weighted by Gasteiger charge is -2.37. The molecule has 1 saturated heterocycles. The summed E-state index contributed by atoms with van der Waals surface area (Å²) in [6, 6.07) is 6.42. The first kappa shape index (κ1) is 21.9. The maximum absolute atomic E-state index is 13.5. The third-order valence-electron chi connectivity index (χ3n) is 4.87. The Balaban J connectivity index is 1.61. The maximum atomic E-state index is 13.5. The van der Waals surface area contributed by atoms with Crippen LogP contribution in [0.1, 0.15) is 22.8 Å². The Labute approximate surface area is 184 Å². The molecule has 2 aromatic heterocycles. The Hall–Kier alpha value is -3.34. The van der Waals surface area contributed by atoms with Gasteiger partial charge in [0.05, 0.1) is 29.7 Å². The number of hydrogen-bond acceptors (Lipinski definition) is 7. The molecule has 3 heterocycles. The molecule has 168 valence electrons. The summed E-state index contributed by atoms with van der Waals surface area (Å²) in [5, 5.41) is 3.49. The number of rotatable bonds is 4. The van der Waals surface area contributed by atoms with Crippen LogP contribution in [0.25, 0.3) is 11.0 Å². The molecule has 0 N–H and O–H groups in total. The zero-order valence-electron chi connectivity index (χ0n) is 16.6. The first-order valence-electron chi connectivity index (χ1n) is 9.50. The molecule has 8 nitrogen and oxygen atoms in total. The zero-order chi connectivity index (χ0) is 23.0. The molecule has 32 heavy (non-hydrogen) atoms. The van der Waals surface area contributed by atoms with Crippen molar-refractivity contribution in [3.05, 3.63) is 47.7 Å². The van der Waals surface area contributed by atoms with Crippen molar-refractivity contribution in [1.82, 2.24) is 10.1 Å². The highest BCUT2D eigenvalue weighted by Gasteiger charge is 2.39. The molecule has 3 aromatic rings. The molecule has 0 saturated carbocycles. The van der Waals surface area contributed by atoms with Gasteiger partial charge in [0, 0.05) is 6.20 Å². The summed E-state index contributed by atoms with van der Waals surface area (Å²) in [4.78, 5) is 31.2. The predicted molar refractivity (Wildman–Crippen MR) is 109 cm³/mol. The van der Waals surface area contributed by atoms with Crippen LogP contribution in [0.2, 0.25) is 0 Å². The van der Waals surface area contributed by atoms with E-state index in [0.29, 0.717) is 0 Å². The second-order valence-electron chi connectivity index (χ2n) is 6.87. The van der Waals surface area contributed by atoms with Crippen molar-refractivity contribution in [2.75, 3.05) is 29.5 Å². The number of aromatic nitrogens is 2. The van der Waals surface area contributed by atoms with Crippen molar-refractivity contribution in [3.63, 3.8) is 0 Å². The summed E-state index contributed by atoms with van der Waals surface area (Å²) in [5.74, 6) is -0.920. The summed E-state index contributed by atoms with van der Waals surface area (Å²) in [6.45, 7) is 1.47. The Morgan fingerprint density at radius 2 is 2.09 bits per heavy atom. The lowest BCUT2D eigenvalue weighted by Crippen LogP contribution is -2.55. The van der Waals surface area contributed by atoms with Crippen molar-refractivity contribution in [1.29, 1.82) is 0 Å². The summed E-state index contributed by atoms with van der Waals surface area (Å²) in [7, 11) is 0. The fourth-order valence-electron chi connectivity index (χ4n) is 3.40. The smallest absolute Gasteiger partial charge is 0.417 e. The monoisotopic (exact) mass is 468 g/mol. The van der Waals surface area contributed by atoms with E-state index < -0.39 is 29.1 Å². The minimum atomic E-state index is -4.64. The number of benzene rings is 1. The van der Waals surface area contributed by atoms with E-state index in [1.807, 2.05) is 0 Å². The van der Waals surface area contributed by atoms with Gasteiger partial charge in [0.25, 0.3) is 0 Å². The molecular formula is C20H16ClF3N4O4. The molecule has 12 heteroatoms. The standard InChI is InChI=1S/C20H16ClF3N4O4/c1-2-31-19(30)11-6-7-15(25-8-11)28-9-14(21)27(10-16(28)29)18-17-12(20(22,23)24)4-3-5-13(17)32-26-18/h3-8,14H,2,9-10H2,1H3. The second-order valence-corrected chi connectivity index (χ2v) is 7.38. The lowest BCUT2D eigenvalue weighted by atomic mass is 10.1. The molecule has 1 amide bonds. The number of esters is 1. The van der Waals surface area contributed by atoms with Crippen molar-refractivity contribution in [2.45, 2.75) is 18.6 Å². The van der Waals surface area contributed by atoms with Gasteiger partial charge in [0.15, 0.2) is 11.4 Å². The van der Waals surface area contributed by atoms with Crippen LogP contribution in [-0.2, 0) is 15.7 Å². The molecule has 1 aliphatic heterocycles. The van der Waals surface area contributed by atoms with Gasteiger partial charge in [-0.3, -0.25) is 9.69 Å². The van der Waals surface area contributed by atoms with E-state index in [-0.39, 0.29) is 47.9 Å². The Morgan fingerprint density at radius 3 is 2.75 bits per heavy atom. The van der Waals surface area contributed by atoms with E-state index in [9.17, 15) is 22.8 Å². The van der Waals surface area contributed by atoms with Gasteiger partial charge in [0.1, 0.15) is 17.9 Å². The Bertz CT molecular complexity index is 1170. The van der Waals surface area contributed by atoms with Crippen molar-refractivity contribution in [3.8, 4) is 0 Å². The third kappa shape index (κ3) is 3.95. The molecule has 0 aliphatic carbocycles. The number of anilines is 2. The van der Waals surface area contributed by atoms with E-state index in [4.69, 9.17) is 20.9 Å². The quantitative estimate of drug-likeness (QED) is 0.326. The van der Waals surface area contributed by atoms with Crippen LogP contribution < -0.4 is 9.80 Å². The molecule has 0 bridgehead atoms. The van der Waals surface area contributed by atoms with E-state index in [0.717, 1.165) is 6.07 Å². The summed E-state index contributed by atoms with van der Waals surface area (Å²) in [6.07, 6.45) is -3.37. The largest absolute Gasteiger partial charge is 0.462 e. The van der Waals surface area contributed by atoms with E-state index in [2.05, 4.69) is 10.1 Å². The van der Waals surface area contributed by atoms with E-state index >= 15 is 0 Å². The highest BCUT2D eigenvalue weighted by Crippen LogP contribution is 2.40. The number of halogens is 4. The van der Waals surface area contributed by atoms with Crippen LogP contribution in [0, 0.1) is 0 Å². The number of carbonyl (C=O) groups is 2. The van der Waals surface area contributed by atoms with Crippen LogP contribution >= 0.6 is 11.6 Å². The Morgan fingerprint density at radius 1 is 1.31 bits per heavy atom. The first-order valence-corrected chi connectivity index (χ1v) is 9.94. The first-order chi connectivity index (χ1) is 15.2. The summed E-state index contributed by atoms with van der Waals surface area (Å²) in [5.41, 5.74) is -1.68. The third-order valence-corrected chi connectivity index (χ3v) is 5.24. The molecule has 1 atom stereocenters. The number of pyridine rings is 1. The normalized spacial score (nSPS) is 17.2. The van der Waals surface area contributed by atoms with Crippen LogP contribution in [0.3, 0.4) is 0 Å². The molecule has 0 radical (unpaired) electrons. The van der Waals surface area contributed by atoms with Gasteiger partial charge in [-0.1, -0.05) is 22.8 Å². The van der Waals surface area contributed by atoms with Gasteiger partial charge < -0.3 is 14.2 Å². The molecular weight excluding hydrogens is 453 g/mol. The predicted octanol–water partition coefficient (Wildman–Crippen LogP) is 3.84. The number of nitrogens with zero attached hydrogens (tertiary/aromatic N) is 4. The minimum absolute atomic E-state index is 0.0650. The SMILES string of the molecule is CCOC(=O)c1ccc(N2CC(Cl)N(c3noc4cccc(C(F)(F)F)c34)CC2=O)nc1. The molecule has 4 rings (SSSR count). The number of hydrogen-bond donors (Lipinski definition) is 0. The maximum Gasteiger partial charge on any atom is 0.417 e.